The van der Waals surface area contributed by atoms with Gasteiger partial charge in [-0.05, 0) is 40.0 Å². The Morgan fingerprint density at radius 1 is 1.25 bits per heavy atom. The van der Waals surface area contributed by atoms with Crippen molar-refractivity contribution >= 4 is 18.0 Å². The summed E-state index contributed by atoms with van der Waals surface area (Å²) in [5.74, 6) is -3.65. The Balaban J connectivity index is 0.000000413. The molecule has 0 saturated carbocycles. The van der Waals surface area contributed by atoms with Gasteiger partial charge in [0.25, 0.3) is 0 Å². The topological polar surface area (TPSA) is 139 Å². The third-order valence-corrected chi connectivity index (χ3v) is 3.61. The first-order chi connectivity index (χ1) is 10.9. The van der Waals surface area contributed by atoms with Crippen molar-refractivity contribution in [3.63, 3.8) is 0 Å². The molecule has 138 valence electrons. The van der Waals surface area contributed by atoms with Crippen LogP contribution in [0.2, 0.25) is 0 Å². The van der Waals surface area contributed by atoms with Crippen molar-refractivity contribution in [2.45, 2.75) is 57.3 Å². The van der Waals surface area contributed by atoms with E-state index in [1.54, 1.807) is 4.90 Å². The van der Waals surface area contributed by atoms with Crippen LogP contribution in [0.15, 0.2) is 0 Å². The molecular formula is C15H26N2O7. The van der Waals surface area contributed by atoms with E-state index in [1.165, 1.54) is 0 Å². The number of carbonyl (C=O) groups excluding carboxylic acids is 1. The minimum Gasteiger partial charge on any atom is -0.473 e. The van der Waals surface area contributed by atoms with E-state index in [4.69, 9.17) is 35.0 Å². The van der Waals surface area contributed by atoms with Crippen LogP contribution in [0.3, 0.4) is 0 Å². The first kappa shape index (κ1) is 20.2. The van der Waals surface area contributed by atoms with E-state index in [1.807, 2.05) is 20.8 Å². The van der Waals surface area contributed by atoms with Gasteiger partial charge in [-0.2, -0.15) is 0 Å². The number of ether oxygens (including phenoxy) is 2. The molecule has 2 aliphatic rings. The molecule has 2 aliphatic heterocycles. The molecule has 2 fully saturated rings. The third-order valence-electron chi connectivity index (χ3n) is 3.61. The van der Waals surface area contributed by atoms with E-state index in [0.717, 1.165) is 25.8 Å². The number of carbonyl (C=O) groups is 3. The predicted octanol–water partition coefficient (Wildman–Crippen LogP) is 0.659. The lowest BCUT2D eigenvalue weighted by atomic mass is 9.89. The van der Waals surface area contributed by atoms with Crippen LogP contribution in [0, 0.1) is 0 Å². The van der Waals surface area contributed by atoms with Gasteiger partial charge in [0.2, 0.25) is 0 Å². The lowest BCUT2D eigenvalue weighted by molar-refractivity contribution is -0.159. The number of amides is 1. The molecule has 9 nitrogen and oxygen atoms in total. The van der Waals surface area contributed by atoms with Gasteiger partial charge in [-0.3, -0.25) is 0 Å². The second-order valence-corrected chi connectivity index (χ2v) is 7.07. The van der Waals surface area contributed by atoms with E-state index in [2.05, 4.69) is 0 Å². The smallest absolute Gasteiger partial charge is 0.414 e. The van der Waals surface area contributed by atoms with E-state index >= 15 is 0 Å². The van der Waals surface area contributed by atoms with Gasteiger partial charge in [-0.15, -0.1) is 0 Å². The molecule has 0 aromatic heterocycles. The molecule has 0 aromatic carbocycles. The molecule has 0 bridgehead atoms. The molecule has 0 aliphatic carbocycles. The van der Waals surface area contributed by atoms with Crippen molar-refractivity contribution in [1.82, 2.24) is 4.90 Å². The van der Waals surface area contributed by atoms with Gasteiger partial charge in [0, 0.05) is 12.6 Å². The average Bonchev–Trinajstić information content (AvgIpc) is 2.78. The third kappa shape index (κ3) is 6.32. The minimum absolute atomic E-state index is 0.101. The Kier molecular flexibility index (Phi) is 6.56. The number of hydrogen-bond acceptors (Lipinski definition) is 6. The number of rotatable bonds is 0. The molecule has 2 atom stereocenters. The summed E-state index contributed by atoms with van der Waals surface area (Å²) in [7, 11) is 0. The Morgan fingerprint density at radius 2 is 1.83 bits per heavy atom. The quantitative estimate of drug-likeness (QED) is 0.543. The highest BCUT2D eigenvalue weighted by Crippen LogP contribution is 2.34. The summed E-state index contributed by atoms with van der Waals surface area (Å²) in [4.78, 5) is 32.0. The number of hydrogen-bond donors (Lipinski definition) is 3. The Hall–Kier alpha value is -1.87. The van der Waals surface area contributed by atoms with E-state index < -0.39 is 17.5 Å². The van der Waals surface area contributed by atoms with Crippen LogP contribution in [0.4, 0.5) is 4.79 Å². The van der Waals surface area contributed by atoms with Gasteiger partial charge < -0.3 is 30.3 Å². The maximum Gasteiger partial charge on any atom is 0.414 e. The monoisotopic (exact) mass is 346 g/mol. The number of likely N-dealkylation sites (tertiary alicyclic amines) is 1. The number of piperidine rings is 1. The normalized spacial score (nSPS) is 26.5. The Morgan fingerprint density at radius 3 is 2.25 bits per heavy atom. The highest BCUT2D eigenvalue weighted by molar-refractivity contribution is 6.27. The zero-order chi connectivity index (χ0) is 18.5. The van der Waals surface area contributed by atoms with Crippen molar-refractivity contribution in [1.29, 1.82) is 0 Å². The maximum atomic E-state index is 12.1. The number of carboxylic acid groups (broad SMARTS) is 2. The van der Waals surface area contributed by atoms with E-state index in [-0.39, 0.29) is 17.7 Å². The summed E-state index contributed by atoms with van der Waals surface area (Å²) < 4.78 is 11.2. The van der Waals surface area contributed by atoms with Gasteiger partial charge >= 0.3 is 18.0 Å². The van der Waals surface area contributed by atoms with Gasteiger partial charge in [0.15, 0.2) is 0 Å². The summed E-state index contributed by atoms with van der Waals surface area (Å²) >= 11 is 0. The first-order valence-electron chi connectivity index (χ1n) is 7.78. The van der Waals surface area contributed by atoms with Crippen LogP contribution < -0.4 is 5.73 Å². The summed E-state index contributed by atoms with van der Waals surface area (Å²) in [5.41, 5.74) is 5.23. The van der Waals surface area contributed by atoms with E-state index in [0.29, 0.717) is 13.2 Å². The highest BCUT2D eigenvalue weighted by atomic mass is 16.6. The van der Waals surface area contributed by atoms with Crippen LogP contribution in [0.5, 0.6) is 0 Å². The number of aliphatic carboxylic acids is 2. The fourth-order valence-corrected chi connectivity index (χ4v) is 2.74. The average molecular weight is 346 g/mol. The lowest BCUT2D eigenvalue weighted by Crippen LogP contribution is -2.51. The molecule has 9 heteroatoms. The molecule has 1 amide bonds. The molecule has 0 aromatic rings. The van der Waals surface area contributed by atoms with Crippen molar-refractivity contribution in [3.05, 3.63) is 0 Å². The first-order valence-corrected chi connectivity index (χ1v) is 7.78. The molecule has 1 spiro atoms. The summed E-state index contributed by atoms with van der Waals surface area (Å²) in [6.07, 6.45) is 2.53. The Bertz CT molecular complexity index is 473. The second-order valence-electron chi connectivity index (χ2n) is 7.07. The molecule has 4 N–H and O–H groups in total. The zero-order valence-corrected chi connectivity index (χ0v) is 14.3. The summed E-state index contributed by atoms with van der Waals surface area (Å²) in [6.45, 7) is 7.60. The number of carboxylic acids is 2. The van der Waals surface area contributed by atoms with Crippen LogP contribution in [0.1, 0.15) is 40.0 Å². The van der Waals surface area contributed by atoms with Gasteiger partial charge in [0.1, 0.15) is 5.60 Å². The molecular weight excluding hydrogens is 320 g/mol. The fourth-order valence-electron chi connectivity index (χ4n) is 2.74. The minimum atomic E-state index is -1.82. The molecule has 24 heavy (non-hydrogen) atoms. The molecule has 2 saturated heterocycles. The second kappa shape index (κ2) is 7.80. The van der Waals surface area contributed by atoms with Gasteiger partial charge in [-0.1, -0.05) is 0 Å². The van der Waals surface area contributed by atoms with Gasteiger partial charge in [-0.25, -0.2) is 14.4 Å². The molecule has 2 rings (SSSR count). The van der Waals surface area contributed by atoms with Crippen molar-refractivity contribution in [3.8, 4) is 0 Å². The number of nitrogens with two attached hydrogens (primary N) is 1. The summed E-state index contributed by atoms with van der Waals surface area (Å²) in [5, 5.41) is 14.8. The van der Waals surface area contributed by atoms with Crippen LogP contribution >= 0.6 is 0 Å². The highest BCUT2D eigenvalue weighted by Gasteiger charge is 2.44. The van der Waals surface area contributed by atoms with Crippen molar-refractivity contribution in [2.75, 3.05) is 19.7 Å². The zero-order valence-electron chi connectivity index (χ0n) is 14.3. The lowest BCUT2D eigenvalue weighted by Gasteiger charge is -2.40. The summed E-state index contributed by atoms with van der Waals surface area (Å²) in [6, 6.07) is 0.101. The fraction of sp³-hybridized carbons (Fsp3) is 0.800. The van der Waals surface area contributed by atoms with Crippen LogP contribution in [0.25, 0.3) is 0 Å². The number of nitrogens with zero attached hydrogens (tertiary/aromatic N) is 1. The SMILES string of the molecule is CC(C)(C)OC(=O)N1CCCC2(CC(N)CO2)C1.O=C(O)C(=O)O. The standard InChI is InChI=1S/C13H24N2O3.C2H2O4/c1-12(2,3)18-11(16)15-6-4-5-13(9-15)7-10(14)8-17-13;3-1(4)2(5)6/h10H,4-9,14H2,1-3H3;(H,3,4)(H,5,6). The predicted molar refractivity (Wildman–Crippen MR) is 83.6 cm³/mol. The van der Waals surface area contributed by atoms with Crippen molar-refractivity contribution < 1.29 is 34.1 Å². The van der Waals surface area contributed by atoms with Crippen LogP contribution in [-0.4, -0.2) is 70.1 Å². The van der Waals surface area contributed by atoms with E-state index in [9.17, 15) is 4.79 Å². The molecule has 2 heterocycles. The van der Waals surface area contributed by atoms with Gasteiger partial charge in [0.05, 0.1) is 18.8 Å². The maximum absolute atomic E-state index is 12.1. The molecule has 0 radical (unpaired) electrons. The van der Waals surface area contributed by atoms with Crippen LogP contribution in [-0.2, 0) is 19.1 Å². The molecule has 2 unspecified atom stereocenters. The van der Waals surface area contributed by atoms with Crippen molar-refractivity contribution in [2.24, 2.45) is 5.73 Å². The largest absolute Gasteiger partial charge is 0.473 e. The Labute approximate surface area is 140 Å².